The van der Waals surface area contributed by atoms with Gasteiger partial charge in [-0.1, -0.05) is 20.8 Å². The Hall–Kier alpha value is -1.49. The van der Waals surface area contributed by atoms with Crippen LogP contribution in [-0.2, 0) is 22.0 Å². The molecule has 24 heavy (non-hydrogen) atoms. The van der Waals surface area contributed by atoms with Gasteiger partial charge in [0.15, 0.2) is 0 Å². The zero-order chi connectivity index (χ0) is 18.0. The Morgan fingerprint density at radius 2 is 1.88 bits per heavy atom. The monoisotopic (exact) mass is 350 g/mol. The Labute approximate surface area is 145 Å². The van der Waals surface area contributed by atoms with Crippen molar-refractivity contribution >= 4 is 10.0 Å². The normalized spacial score (nSPS) is 17.6. The lowest BCUT2D eigenvalue weighted by molar-refractivity contribution is 0.181. The first-order valence-electron chi connectivity index (χ1n) is 8.27. The van der Waals surface area contributed by atoms with Crippen LogP contribution in [-0.4, -0.2) is 54.5 Å². The molecule has 2 heterocycles. The van der Waals surface area contributed by atoms with Crippen molar-refractivity contribution < 1.29 is 8.42 Å². The number of pyridine rings is 1. The molecule has 1 aromatic rings. The Balaban J connectivity index is 2.05. The number of nitriles is 1. The predicted octanol–water partition coefficient (Wildman–Crippen LogP) is 1.72. The Bertz CT molecular complexity index is 724. The van der Waals surface area contributed by atoms with Crippen LogP contribution in [0.15, 0.2) is 12.3 Å². The summed E-state index contributed by atoms with van der Waals surface area (Å²) in [6, 6.07) is 4.15. The van der Waals surface area contributed by atoms with Crippen LogP contribution in [0, 0.1) is 11.3 Å². The van der Waals surface area contributed by atoms with Crippen LogP contribution in [0.4, 0.5) is 0 Å². The predicted molar refractivity (Wildman–Crippen MR) is 94.0 cm³/mol. The lowest BCUT2D eigenvalue weighted by Crippen LogP contribution is -2.48. The second-order valence-electron chi connectivity index (χ2n) is 7.18. The number of nitrogens with zero attached hydrogens (tertiary/aromatic N) is 4. The molecular formula is C17H26N4O2S. The van der Waals surface area contributed by atoms with E-state index < -0.39 is 10.0 Å². The van der Waals surface area contributed by atoms with Crippen LogP contribution in [0.1, 0.15) is 44.5 Å². The van der Waals surface area contributed by atoms with Crippen molar-refractivity contribution in [3.8, 4) is 6.07 Å². The molecule has 0 aromatic carbocycles. The molecule has 1 aromatic heterocycles. The van der Waals surface area contributed by atoms with Crippen LogP contribution < -0.4 is 0 Å². The molecule has 0 bridgehead atoms. The van der Waals surface area contributed by atoms with Gasteiger partial charge in [-0.05, 0) is 18.6 Å². The Kier molecular flexibility index (Phi) is 5.63. The smallest absolute Gasteiger partial charge is 0.213 e. The van der Waals surface area contributed by atoms with Crippen LogP contribution in [0.25, 0.3) is 0 Å². The van der Waals surface area contributed by atoms with Gasteiger partial charge in [0.1, 0.15) is 6.07 Å². The maximum Gasteiger partial charge on any atom is 0.213 e. The fourth-order valence-corrected chi connectivity index (χ4v) is 3.97. The van der Waals surface area contributed by atoms with Crippen molar-refractivity contribution in [2.75, 3.05) is 31.9 Å². The van der Waals surface area contributed by atoms with Crippen molar-refractivity contribution in [3.63, 3.8) is 0 Å². The van der Waals surface area contributed by atoms with E-state index in [1.54, 1.807) is 11.2 Å². The minimum absolute atomic E-state index is 0.150. The van der Waals surface area contributed by atoms with Gasteiger partial charge in [0.25, 0.3) is 0 Å². The highest BCUT2D eigenvalue weighted by atomic mass is 32.2. The molecule has 2 rings (SSSR count). The van der Waals surface area contributed by atoms with Gasteiger partial charge < -0.3 is 0 Å². The molecule has 1 aliphatic rings. The Morgan fingerprint density at radius 3 is 2.38 bits per heavy atom. The highest BCUT2D eigenvalue weighted by Gasteiger charge is 2.26. The van der Waals surface area contributed by atoms with Gasteiger partial charge in [-0.25, -0.2) is 8.42 Å². The van der Waals surface area contributed by atoms with Gasteiger partial charge in [0, 0.05) is 44.3 Å². The lowest BCUT2D eigenvalue weighted by atomic mass is 9.88. The van der Waals surface area contributed by atoms with Gasteiger partial charge >= 0.3 is 0 Å². The molecule has 0 atom stereocenters. The summed E-state index contributed by atoms with van der Waals surface area (Å²) in [6.45, 7) is 10.9. The molecule has 6 nitrogen and oxygen atoms in total. The molecular weight excluding hydrogens is 324 g/mol. The molecule has 7 heteroatoms. The van der Waals surface area contributed by atoms with Crippen molar-refractivity contribution in [2.24, 2.45) is 0 Å². The van der Waals surface area contributed by atoms with Gasteiger partial charge in [-0.15, -0.1) is 0 Å². The summed E-state index contributed by atoms with van der Waals surface area (Å²) in [7, 11) is -3.10. The fraction of sp³-hybridized carbons (Fsp3) is 0.647. The molecule has 0 aliphatic carbocycles. The summed E-state index contributed by atoms with van der Waals surface area (Å²) >= 11 is 0. The first-order valence-corrected chi connectivity index (χ1v) is 9.88. The second-order valence-corrected chi connectivity index (χ2v) is 9.43. The topological polar surface area (TPSA) is 77.3 Å². The SMILES string of the molecule is CCS(=O)(=O)N1CCN(Cc2cnc(C(C)(C)C)c(C#N)c2)CC1. The lowest BCUT2D eigenvalue weighted by Gasteiger charge is -2.33. The van der Waals surface area contributed by atoms with E-state index in [4.69, 9.17) is 0 Å². The fourth-order valence-electron chi connectivity index (χ4n) is 2.88. The van der Waals surface area contributed by atoms with Crippen molar-refractivity contribution in [2.45, 2.75) is 39.7 Å². The van der Waals surface area contributed by atoms with Crippen molar-refractivity contribution in [1.82, 2.24) is 14.2 Å². The third kappa shape index (κ3) is 4.32. The molecule has 0 spiro atoms. The number of aromatic nitrogens is 1. The molecule has 1 aliphatic heterocycles. The number of piperazine rings is 1. The first-order chi connectivity index (χ1) is 11.2. The van der Waals surface area contributed by atoms with E-state index in [2.05, 4.69) is 16.0 Å². The minimum Gasteiger partial charge on any atom is -0.296 e. The van der Waals surface area contributed by atoms with Gasteiger partial charge in [0.2, 0.25) is 10.0 Å². The minimum atomic E-state index is -3.10. The molecule has 0 saturated carbocycles. The van der Waals surface area contributed by atoms with E-state index >= 15 is 0 Å². The quantitative estimate of drug-likeness (QED) is 0.826. The molecule has 0 radical (unpaired) electrons. The van der Waals surface area contributed by atoms with Gasteiger partial charge in [0.05, 0.1) is 17.0 Å². The average Bonchev–Trinajstić information content (AvgIpc) is 2.54. The molecule has 0 N–H and O–H groups in total. The zero-order valence-electron chi connectivity index (χ0n) is 14.9. The number of rotatable bonds is 4. The summed E-state index contributed by atoms with van der Waals surface area (Å²) in [5, 5.41) is 9.39. The number of hydrogen-bond acceptors (Lipinski definition) is 5. The summed E-state index contributed by atoms with van der Waals surface area (Å²) in [5.74, 6) is 0.150. The molecule has 0 amide bonds. The summed E-state index contributed by atoms with van der Waals surface area (Å²) in [4.78, 5) is 6.70. The molecule has 1 saturated heterocycles. The Morgan fingerprint density at radius 1 is 1.25 bits per heavy atom. The van der Waals surface area contributed by atoms with E-state index in [1.807, 2.05) is 33.0 Å². The van der Waals surface area contributed by atoms with Gasteiger partial charge in [-0.3, -0.25) is 9.88 Å². The standard InChI is InChI=1S/C17H26N4O2S/c1-5-24(22,23)21-8-6-20(7-9-21)13-14-10-15(11-18)16(19-12-14)17(2,3)4/h10,12H,5-9,13H2,1-4H3. The van der Waals surface area contributed by atoms with Crippen molar-refractivity contribution in [1.29, 1.82) is 5.26 Å². The van der Waals surface area contributed by atoms with E-state index in [1.165, 1.54) is 0 Å². The largest absolute Gasteiger partial charge is 0.296 e. The molecule has 1 fully saturated rings. The summed E-state index contributed by atoms with van der Waals surface area (Å²) in [5.41, 5.74) is 2.26. The third-order valence-electron chi connectivity index (χ3n) is 4.27. The van der Waals surface area contributed by atoms with E-state index in [0.717, 1.165) is 11.3 Å². The maximum absolute atomic E-state index is 11.9. The van der Waals surface area contributed by atoms with E-state index in [0.29, 0.717) is 38.3 Å². The van der Waals surface area contributed by atoms with Crippen LogP contribution in [0.3, 0.4) is 0 Å². The summed E-state index contributed by atoms with van der Waals surface area (Å²) < 4.78 is 25.4. The van der Waals surface area contributed by atoms with E-state index in [-0.39, 0.29) is 11.2 Å². The average molecular weight is 350 g/mol. The van der Waals surface area contributed by atoms with Crippen LogP contribution in [0.5, 0.6) is 0 Å². The highest BCUT2D eigenvalue weighted by molar-refractivity contribution is 7.89. The third-order valence-corrected chi connectivity index (χ3v) is 6.15. The number of hydrogen-bond donors (Lipinski definition) is 0. The van der Waals surface area contributed by atoms with Crippen LogP contribution >= 0.6 is 0 Å². The zero-order valence-corrected chi connectivity index (χ0v) is 15.7. The molecule has 132 valence electrons. The molecule has 0 unspecified atom stereocenters. The van der Waals surface area contributed by atoms with Crippen LogP contribution in [0.2, 0.25) is 0 Å². The summed E-state index contributed by atoms with van der Waals surface area (Å²) in [6.07, 6.45) is 1.83. The van der Waals surface area contributed by atoms with E-state index in [9.17, 15) is 13.7 Å². The van der Waals surface area contributed by atoms with Crippen molar-refractivity contribution in [3.05, 3.63) is 29.1 Å². The van der Waals surface area contributed by atoms with Gasteiger partial charge in [-0.2, -0.15) is 9.57 Å². The first kappa shape index (κ1) is 18.8. The highest BCUT2D eigenvalue weighted by Crippen LogP contribution is 2.24. The number of sulfonamides is 1. The second kappa shape index (κ2) is 7.18. The maximum atomic E-state index is 11.9.